The highest BCUT2D eigenvalue weighted by atomic mass is 32.1. The van der Waals surface area contributed by atoms with Crippen LogP contribution < -0.4 is 5.32 Å². The Morgan fingerprint density at radius 2 is 1.97 bits per heavy atom. The third-order valence-corrected chi connectivity index (χ3v) is 6.31. The van der Waals surface area contributed by atoms with Crippen LogP contribution in [0.4, 0.5) is 0 Å². The van der Waals surface area contributed by atoms with Crippen molar-refractivity contribution in [1.29, 1.82) is 0 Å². The molecule has 30 heavy (non-hydrogen) atoms. The van der Waals surface area contributed by atoms with Crippen LogP contribution in [0.1, 0.15) is 44.2 Å². The summed E-state index contributed by atoms with van der Waals surface area (Å²) in [6.07, 6.45) is 8.08. The average Bonchev–Trinajstić information content (AvgIpc) is 3.24. The SMILES string of the molecule is CCc1cccc2c(/C=C3\NC(=S)N(CC)C3=O)cn(CC(=O)N3CCCCC3)c12. The molecule has 0 unspecified atom stereocenters. The Bertz CT molecular complexity index is 1030. The Hall–Kier alpha value is -2.67. The smallest absolute Gasteiger partial charge is 0.276 e. The van der Waals surface area contributed by atoms with Crippen molar-refractivity contribution < 1.29 is 9.59 Å². The zero-order valence-electron chi connectivity index (χ0n) is 17.6. The number of nitrogens with zero attached hydrogens (tertiary/aromatic N) is 3. The first-order valence-electron chi connectivity index (χ1n) is 10.8. The number of aryl methyl sites for hydroxylation is 1. The molecule has 3 heterocycles. The Kier molecular flexibility index (Phi) is 5.90. The molecule has 1 N–H and O–H groups in total. The van der Waals surface area contributed by atoms with Crippen LogP contribution in [0.25, 0.3) is 17.0 Å². The summed E-state index contributed by atoms with van der Waals surface area (Å²) in [5.41, 5.74) is 3.66. The zero-order valence-corrected chi connectivity index (χ0v) is 18.4. The van der Waals surface area contributed by atoms with Crippen LogP contribution in [-0.4, -0.2) is 50.9 Å². The fourth-order valence-corrected chi connectivity index (χ4v) is 4.72. The third kappa shape index (κ3) is 3.74. The zero-order chi connectivity index (χ0) is 21.3. The second kappa shape index (κ2) is 8.60. The van der Waals surface area contributed by atoms with Gasteiger partial charge in [-0.1, -0.05) is 25.1 Å². The molecule has 4 rings (SSSR count). The third-order valence-electron chi connectivity index (χ3n) is 5.99. The number of aromatic nitrogens is 1. The molecule has 2 saturated heterocycles. The Morgan fingerprint density at radius 1 is 1.20 bits per heavy atom. The number of piperidine rings is 1. The summed E-state index contributed by atoms with van der Waals surface area (Å²) in [7, 11) is 0. The maximum atomic E-state index is 12.9. The summed E-state index contributed by atoms with van der Waals surface area (Å²) in [4.78, 5) is 29.1. The van der Waals surface area contributed by atoms with E-state index in [1.807, 2.05) is 34.7 Å². The fraction of sp³-hybridized carbons (Fsp3) is 0.435. The summed E-state index contributed by atoms with van der Waals surface area (Å²) >= 11 is 5.28. The monoisotopic (exact) mass is 424 g/mol. The minimum atomic E-state index is -0.112. The summed E-state index contributed by atoms with van der Waals surface area (Å²) in [6, 6.07) is 6.19. The van der Waals surface area contributed by atoms with Crippen molar-refractivity contribution in [3.8, 4) is 0 Å². The predicted octanol–water partition coefficient (Wildman–Crippen LogP) is 3.29. The highest BCUT2D eigenvalue weighted by Gasteiger charge is 2.29. The van der Waals surface area contributed by atoms with Crippen molar-refractivity contribution in [2.24, 2.45) is 0 Å². The van der Waals surface area contributed by atoms with Crippen LogP contribution >= 0.6 is 12.2 Å². The molecule has 2 aliphatic rings. The van der Waals surface area contributed by atoms with E-state index in [1.54, 1.807) is 4.90 Å². The summed E-state index contributed by atoms with van der Waals surface area (Å²) in [5, 5.41) is 4.51. The number of hydrogen-bond donors (Lipinski definition) is 1. The van der Waals surface area contributed by atoms with E-state index < -0.39 is 0 Å². The molecule has 2 amide bonds. The van der Waals surface area contributed by atoms with Crippen LogP contribution in [0.5, 0.6) is 0 Å². The van der Waals surface area contributed by atoms with Crippen molar-refractivity contribution in [2.45, 2.75) is 46.1 Å². The number of carbonyl (C=O) groups is 2. The molecular weight excluding hydrogens is 396 g/mol. The predicted molar refractivity (Wildman–Crippen MR) is 123 cm³/mol. The first-order valence-corrected chi connectivity index (χ1v) is 11.2. The van der Waals surface area contributed by atoms with Gasteiger partial charge in [-0.2, -0.15) is 0 Å². The number of carbonyl (C=O) groups excluding carboxylic acids is 2. The number of thiocarbonyl (C=S) groups is 1. The number of likely N-dealkylation sites (N-methyl/N-ethyl adjacent to an activating group) is 1. The molecule has 6 nitrogen and oxygen atoms in total. The molecule has 2 fully saturated rings. The minimum absolute atomic E-state index is 0.112. The van der Waals surface area contributed by atoms with Gasteiger partial charge in [-0.25, -0.2) is 0 Å². The Morgan fingerprint density at radius 3 is 2.63 bits per heavy atom. The summed E-state index contributed by atoms with van der Waals surface area (Å²) < 4.78 is 2.05. The molecule has 0 aliphatic carbocycles. The second-order valence-corrected chi connectivity index (χ2v) is 8.24. The molecule has 158 valence electrons. The van der Waals surface area contributed by atoms with Gasteiger partial charge in [0.05, 0.1) is 5.52 Å². The topological polar surface area (TPSA) is 57.6 Å². The van der Waals surface area contributed by atoms with Crippen molar-refractivity contribution in [3.05, 3.63) is 41.2 Å². The number of likely N-dealkylation sites (tertiary alicyclic amines) is 1. The van der Waals surface area contributed by atoms with E-state index in [9.17, 15) is 9.59 Å². The van der Waals surface area contributed by atoms with Gasteiger partial charge in [0.1, 0.15) is 12.2 Å². The highest BCUT2D eigenvalue weighted by Crippen LogP contribution is 2.28. The van der Waals surface area contributed by atoms with E-state index >= 15 is 0 Å². The van der Waals surface area contributed by atoms with Crippen LogP contribution in [0.3, 0.4) is 0 Å². The van der Waals surface area contributed by atoms with E-state index in [4.69, 9.17) is 12.2 Å². The number of rotatable bonds is 5. The van der Waals surface area contributed by atoms with E-state index in [0.29, 0.717) is 23.9 Å². The van der Waals surface area contributed by atoms with E-state index in [0.717, 1.165) is 48.8 Å². The molecule has 0 atom stereocenters. The molecule has 1 aromatic carbocycles. The quantitative estimate of drug-likeness (QED) is 0.591. The number of para-hydroxylation sites is 1. The molecule has 0 spiro atoms. The van der Waals surface area contributed by atoms with Gasteiger partial charge in [-0.05, 0) is 56.5 Å². The molecule has 0 saturated carbocycles. The molecule has 0 bridgehead atoms. The highest BCUT2D eigenvalue weighted by molar-refractivity contribution is 7.80. The van der Waals surface area contributed by atoms with Gasteiger partial charge in [0.2, 0.25) is 5.91 Å². The molecule has 2 aliphatic heterocycles. The lowest BCUT2D eigenvalue weighted by molar-refractivity contribution is -0.132. The van der Waals surface area contributed by atoms with E-state index in [-0.39, 0.29) is 11.8 Å². The van der Waals surface area contributed by atoms with Crippen LogP contribution in [0.2, 0.25) is 0 Å². The summed E-state index contributed by atoms with van der Waals surface area (Å²) in [6.45, 7) is 6.57. The second-order valence-electron chi connectivity index (χ2n) is 7.86. The lowest BCUT2D eigenvalue weighted by atomic mass is 10.1. The van der Waals surface area contributed by atoms with Gasteiger partial charge in [-0.15, -0.1) is 0 Å². The van der Waals surface area contributed by atoms with Crippen LogP contribution in [-0.2, 0) is 22.6 Å². The maximum absolute atomic E-state index is 12.9. The Balaban J connectivity index is 1.73. The minimum Gasteiger partial charge on any atom is -0.341 e. The number of fused-ring (bicyclic) bond motifs is 1. The van der Waals surface area contributed by atoms with Crippen LogP contribution in [0.15, 0.2) is 30.1 Å². The van der Waals surface area contributed by atoms with Crippen molar-refractivity contribution in [3.63, 3.8) is 0 Å². The molecule has 1 aromatic heterocycles. The fourth-order valence-electron chi connectivity index (χ4n) is 4.39. The molecular formula is C23H28N4O2S. The van der Waals surface area contributed by atoms with E-state index in [2.05, 4.69) is 24.4 Å². The average molecular weight is 425 g/mol. The van der Waals surface area contributed by atoms with Gasteiger partial charge >= 0.3 is 0 Å². The first-order chi connectivity index (χ1) is 14.5. The van der Waals surface area contributed by atoms with Gasteiger partial charge in [0, 0.05) is 36.8 Å². The molecule has 2 aromatic rings. The standard InChI is InChI=1S/C23H28N4O2S/c1-3-16-9-8-10-18-17(13-19-22(29)27(4-2)23(30)24-19)14-26(21(16)18)15-20(28)25-11-6-5-7-12-25/h8-10,13-14H,3-7,11-12,15H2,1-2H3,(H,24,30)/b19-13-. The number of amides is 2. The number of hydrogen-bond acceptors (Lipinski definition) is 3. The largest absolute Gasteiger partial charge is 0.341 e. The Labute approximate surface area is 182 Å². The van der Waals surface area contributed by atoms with E-state index in [1.165, 1.54) is 12.0 Å². The lowest BCUT2D eigenvalue weighted by Crippen LogP contribution is -2.37. The molecule has 7 heteroatoms. The normalized spacial score (nSPS) is 18.5. The van der Waals surface area contributed by atoms with Gasteiger partial charge in [-0.3, -0.25) is 14.5 Å². The van der Waals surface area contributed by atoms with Crippen molar-refractivity contribution >= 4 is 46.1 Å². The molecule has 0 radical (unpaired) electrons. The van der Waals surface area contributed by atoms with Gasteiger partial charge in [0.25, 0.3) is 5.91 Å². The maximum Gasteiger partial charge on any atom is 0.276 e. The van der Waals surface area contributed by atoms with Crippen molar-refractivity contribution in [2.75, 3.05) is 19.6 Å². The van der Waals surface area contributed by atoms with Gasteiger partial charge in [0.15, 0.2) is 5.11 Å². The first kappa shape index (κ1) is 20.6. The lowest BCUT2D eigenvalue weighted by Gasteiger charge is -2.27. The number of nitrogens with one attached hydrogen (secondary N) is 1. The van der Waals surface area contributed by atoms with Crippen molar-refractivity contribution in [1.82, 2.24) is 19.7 Å². The number of benzene rings is 1. The van der Waals surface area contributed by atoms with Gasteiger partial charge < -0.3 is 14.8 Å². The summed E-state index contributed by atoms with van der Waals surface area (Å²) in [5.74, 6) is 0.0459. The van der Waals surface area contributed by atoms with Crippen LogP contribution in [0, 0.1) is 0 Å².